The first kappa shape index (κ1) is 16.4. The van der Waals surface area contributed by atoms with Crippen LogP contribution in [0, 0.1) is 13.8 Å². The average Bonchev–Trinajstić information content (AvgIpc) is 3.16. The average molecular weight is 367 g/mol. The highest BCUT2D eigenvalue weighted by atomic mass is 16.5. The Morgan fingerprint density at radius 1 is 0.893 bits per heavy atom. The van der Waals surface area contributed by atoms with Crippen LogP contribution in [0.1, 0.15) is 11.1 Å². The first-order valence-electron chi connectivity index (χ1n) is 8.99. The van der Waals surface area contributed by atoms with Crippen molar-refractivity contribution in [2.45, 2.75) is 13.8 Å². The lowest BCUT2D eigenvalue weighted by atomic mass is 10.1. The molecule has 2 aromatic carbocycles. The highest BCUT2D eigenvalue weighted by Crippen LogP contribution is 2.31. The highest BCUT2D eigenvalue weighted by Gasteiger charge is 2.14. The SMILES string of the molecule is Cc1ccc(-n2ncc3c(Oc4cccc5cccnc45)ncnc32)cc1C. The van der Waals surface area contributed by atoms with Crippen LogP contribution in [-0.4, -0.2) is 24.7 Å². The first-order chi connectivity index (χ1) is 13.7. The maximum Gasteiger partial charge on any atom is 0.233 e. The molecule has 0 bridgehead atoms. The molecule has 3 aromatic heterocycles. The minimum atomic E-state index is 0.457. The lowest BCUT2D eigenvalue weighted by Gasteiger charge is -2.09. The summed E-state index contributed by atoms with van der Waals surface area (Å²) in [5.74, 6) is 1.11. The van der Waals surface area contributed by atoms with Gasteiger partial charge in [0.2, 0.25) is 5.88 Å². The number of para-hydroxylation sites is 1. The Bertz CT molecular complexity index is 1320. The van der Waals surface area contributed by atoms with Crippen LogP contribution in [0.3, 0.4) is 0 Å². The molecule has 5 rings (SSSR count). The molecule has 5 aromatic rings. The summed E-state index contributed by atoms with van der Waals surface area (Å²) in [7, 11) is 0. The van der Waals surface area contributed by atoms with Crippen molar-refractivity contribution >= 4 is 21.9 Å². The van der Waals surface area contributed by atoms with Crippen LogP contribution >= 0.6 is 0 Å². The largest absolute Gasteiger partial charge is 0.436 e. The molecule has 0 radical (unpaired) electrons. The van der Waals surface area contributed by atoms with Gasteiger partial charge in [0.25, 0.3) is 0 Å². The van der Waals surface area contributed by atoms with Gasteiger partial charge in [-0.15, -0.1) is 0 Å². The summed E-state index contributed by atoms with van der Waals surface area (Å²) in [5.41, 5.74) is 4.88. The standard InChI is InChI=1S/C22H17N5O/c1-14-8-9-17(11-15(14)2)27-21-18(12-26-27)22(25-13-24-21)28-19-7-3-5-16-6-4-10-23-20(16)19/h3-13H,1-2H3. The molecule has 0 aliphatic rings. The van der Waals surface area contributed by atoms with Gasteiger partial charge in [0.05, 0.1) is 11.9 Å². The van der Waals surface area contributed by atoms with Gasteiger partial charge in [-0.25, -0.2) is 14.6 Å². The number of nitrogens with zero attached hydrogens (tertiary/aromatic N) is 5. The molecule has 0 amide bonds. The van der Waals surface area contributed by atoms with E-state index in [1.807, 2.05) is 36.4 Å². The Morgan fingerprint density at radius 3 is 2.68 bits per heavy atom. The Labute approximate surface area is 161 Å². The van der Waals surface area contributed by atoms with Crippen molar-refractivity contribution in [3.05, 3.63) is 78.4 Å². The fourth-order valence-corrected chi connectivity index (χ4v) is 3.21. The molecule has 0 spiro atoms. The second-order valence-electron chi connectivity index (χ2n) is 6.67. The van der Waals surface area contributed by atoms with Gasteiger partial charge in [0, 0.05) is 11.6 Å². The second-order valence-corrected chi connectivity index (χ2v) is 6.67. The first-order valence-corrected chi connectivity index (χ1v) is 8.99. The van der Waals surface area contributed by atoms with E-state index >= 15 is 0 Å². The van der Waals surface area contributed by atoms with Crippen LogP contribution in [0.2, 0.25) is 0 Å². The summed E-state index contributed by atoms with van der Waals surface area (Å²) < 4.78 is 7.93. The number of benzene rings is 2. The molecule has 0 unspecified atom stereocenters. The zero-order valence-corrected chi connectivity index (χ0v) is 15.5. The molecule has 6 nitrogen and oxygen atoms in total. The molecule has 0 atom stereocenters. The lowest BCUT2D eigenvalue weighted by molar-refractivity contribution is 0.472. The van der Waals surface area contributed by atoms with Crippen molar-refractivity contribution in [1.82, 2.24) is 24.7 Å². The Morgan fingerprint density at radius 2 is 1.79 bits per heavy atom. The van der Waals surface area contributed by atoms with Crippen LogP contribution in [0.5, 0.6) is 11.6 Å². The van der Waals surface area contributed by atoms with Gasteiger partial charge in [-0.1, -0.05) is 24.3 Å². The third-order valence-electron chi connectivity index (χ3n) is 4.87. The van der Waals surface area contributed by atoms with E-state index in [2.05, 4.69) is 46.0 Å². The van der Waals surface area contributed by atoms with Crippen molar-refractivity contribution in [3.8, 4) is 17.3 Å². The van der Waals surface area contributed by atoms with Crippen molar-refractivity contribution in [2.24, 2.45) is 0 Å². The van der Waals surface area contributed by atoms with Gasteiger partial charge in [0.15, 0.2) is 11.4 Å². The summed E-state index contributed by atoms with van der Waals surface area (Å²) >= 11 is 0. The molecule has 0 saturated carbocycles. The van der Waals surface area contributed by atoms with Gasteiger partial charge in [-0.05, 0) is 49.2 Å². The number of ether oxygens (including phenoxy) is 1. The van der Waals surface area contributed by atoms with Crippen LogP contribution in [-0.2, 0) is 0 Å². The van der Waals surface area contributed by atoms with E-state index in [0.29, 0.717) is 17.3 Å². The van der Waals surface area contributed by atoms with E-state index in [1.165, 1.54) is 17.5 Å². The van der Waals surface area contributed by atoms with Gasteiger partial charge in [0.1, 0.15) is 17.2 Å². The molecule has 0 aliphatic heterocycles. The number of hydrogen-bond acceptors (Lipinski definition) is 5. The normalized spacial score (nSPS) is 11.2. The van der Waals surface area contributed by atoms with Crippen molar-refractivity contribution in [3.63, 3.8) is 0 Å². The Kier molecular flexibility index (Phi) is 3.76. The molecule has 0 aliphatic carbocycles. The molecule has 0 saturated heterocycles. The maximum atomic E-state index is 6.13. The summed E-state index contributed by atoms with van der Waals surface area (Å²) in [5, 5.41) is 6.27. The number of hydrogen-bond donors (Lipinski definition) is 0. The predicted molar refractivity (Wildman–Crippen MR) is 108 cm³/mol. The third-order valence-corrected chi connectivity index (χ3v) is 4.87. The summed E-state index contributed by atoms with van der Waals surface area (Å²) in [6.07, 6.45) is 4.98. The minimum absolute atomic E-state index is 0.457. The summed E-state index contributed by atoms with van der Waals surface area (Å²) in [6, 6.07) is 15.9. The molecule has 0 N–H and O–H groups in total. The van der Waals surface area contributed by atoms with E-state index in [-0.39, 0.29) is 0 Å². The fraction of sp³-hybridized carbons (Fsp3) is 0.0909. The number of pyridine rings is 1. The van der Waals surface area contributed by atoms with Crippen molar-refractivity contribution < 1.29 is 4.74 Å². The zero-order valence-electron chi connectivity index (χ0n) is 15.5. The molecule has 3 heterocycles. The van der Waals surface area contributed by atoms with Crippen molar-refractivity contribution in [1.29, 1.82) is 0 Å². The van der Waals surface area contributed by atoms with Gasteiger partial charge in [-0.2, -0.15) is 5.10 Å². The number of fused-ring (bicyclic) bond motifs is 2. The molecular weight excluding hydrogens is 350 g/mol. The van der Waals surface area contributed by atoms with E-state index < -0.39 is 0 Å². The topological polar surface area (TPSA) is 65.7 Å². The lowest BCUT2D eigenvalue weighted by Crippen LogP contribution is -1.99. The fourth-order valence-electron chi connectivity index (χ4n) is 3.21. The molecule has 0 fully saturated rings. The second kappa shape index (κ2) is 6.42. The molecule has 6 heteroatoms. The van der Waals surface area contributed by atoms with Crippen molar-refractivity contribution in [2.75, 3.05) is 0 Å². The summed E-state index contributed by atoms with van der Waals surface area (Å²) in [4.78, 5) is 13.2. The predicted octanol–water partition coefficient (Wildman–Crippen LogP) is 4.77. The molecule has 136 valence electrons. The monoisotopic (exact) mass is 367 g/mol. The Balaban J connectivity index is 1.61. The number of aryl methyl sites for hydroxylation is 2. The van der Waals surface area contributed by atoms with E-state index in [9.17, 15) is 0 Å². The molecular formula is C22H17N5O. The van der Waals surface area contributed by atoms with Crippen LogP contribution in [0.15, 0.2) is 67.3 Å². The maximum absolute atomic E-state index is 6.13. The third kappa shape index (κ3) is 2.66. The van der Waals surface area contributed by atoms with Gasteiger partial charge < -0.3 is 4.74 Å². The van der Waals surface area contributed by atoms with Crippen LogP contribution in [0.4, 0.5) is 0 Å². The quantitative estimate of drug-likeness (QED) is 0.459. The smallest absolute Gasteiger partial charge is 0.233 e. The minimum Gasteiger partial charge on any atom is -0.436 e. The Hall–Kier alpha value is -3.80. The van der Waals surface area contributed by atoms with Crippen LogP contribution < -0.4 is 4.74 Å². The zero-order chi connectivity index (χ0) is 19.1. The van der Waals surface area contributed by atoms with Crippen LogP contribution in [0.25, 0.3) is 27.6 Å². The van der Waals surface area contributed by atoms with E-state index in [0.717, 1.165) is 22.0 Å². The molecule has 28 heavy (non-hydrogen) atoms. The van der Waals surface area contributed by atoms with Gasteiger partial charge >= 0.3 is 0 Å². The summed E-state index contributed by atoms with van der Waals surface area (Å²) in [6.45, 7) is 4.17. The number of rotatable bonds is 3. The van der Waals surface area contributed by atoms with E-state index in [4.69, 9.17) is 4.74 Å². The van der Waals surface area contributed by atoms with Gasteiger partial charge in [-0.3, -0.25) is 4.98 Å². The van der Waals surface area contributed by atoms with E-state index in [1.54, 1.807) is 17.1 Å². The number of aromatic nitrogens is 5. The highest BCUT2D eigenvalue weighted by molar-refractivity contribution is 5.86.